The summed E-state index contributed by atoms with van der Waals surface area (Å²) in [5.41, 5.74) is 8.65. The first-order valence-electron chi connectivity index (χ1n) is 9.28. The highest BCUT2D eigenvalue weighted by Gasteiger charge is 2.42. The maximum atomic E-state index is 6.20. The fourth-order valence-corrected chi connectivity index (χ4v) is 3.73. The molecule has 1 aliphatic carbocycles. The van der Waals surface area contributed by atoms with Gasteiger partial charge in [-0.25, -0.2) is 4.99 Å². The molecular formula is C19H27N3O3. The maximum absolute atomic E-state index is 6.20. The Kier molecular flexibility index (Phi) is 4.46. The van der Waals surface area contributed by atoms with Crippen LogP contribution in [-0.2, 0) is 11.2 Å². The van der Waals surface area contributed by atoms with Crippen LogP contribution < -0.4 is 15.2 Å². The van der Waals surface area contributed by atoms with E-state index in [1.165, 1.54) is 11.1 Å². The van der Waals surface area contributed by atoms with E-state index in [9.17, 15) is 0 Å². The van der Waals surface area contributed by atoms with Crippen LogP contribution in [-0.4, -0.2) is 55.9 Å². The summed E-state index contributed by atoms with van der Waals surface area (Å²) in [5, 5.41) is 0. The van der Waals surface area contributed by atoms with Gasteiger partial charge in [0, 0.05) is 36.6 Å². The van der Waals surface area contributed by atoms with Crippen LogP contribution >= 0.6 is 0 Å². The standard InChI is InChI=1S/C19H27N3O3/c1-3-24-18-9-13-8-12(2)25-17(13)11-15(18)14-10-16(14)21-19(20)22-4-6-23-7-5-22/h9,11-12,14,16H,3-8,10H2,1-2H3,(H2,20,21). The Morgan fingerprint density at radius 2 is 2.16 bits per heavy atom. The second-order valence-corrected chi connectivity index (χ2v) is 7.06. The third-order valence-corrected chi connectivity index (χ3v) is 5.12. The van der Waals surface area contributed by atoms with Gasteiger partial charge in [0.1, 0.15) is 17.6 Å². The molecule has 25 heavy (non-hydrogen) atoms. The van der Waals surface area contributed by atoms with E-state index in [4.69, 9.17) is 24.9 Å². The van der Waals surface area contributed by atoms with Crippen molar-refractivity contribution in [3.63, 3.8) is 0 Å². The minimum atomic E-state index is 0.235. The van der Waals surface area contributed by atoms with E-state index in [1.807, 2.05) is 6.92 Å². The van der Waals surface area contributed by atoms with Crippen LogP contribution in [0.3, 0.4) is 0 Å². The number of guanidine groups is 1. The minimum Gasteiger partial charge on any atom is -0.494 e. The third kappa shape index (κ3) is 3.40. The number of rotatable bonds is 4. The Morgan fingerprint density at radius 1 is 1.36 bits per heavy atom. The van der Waals surface area contributed by atoms with Crippen LogP contribution in [0.5, 0.6) is 11.5 Å². The summed E-state index contributed by atoms with van der Waals surface area (Å²) in [7, 11) is 0. The van der Waals surface area contributed by atoms with Crippen molar-refractivity contribution in [2.45, 2.75) is 44.8 Å². The third-order valence-electron chi connectivity index (χ3n) is 5.12. The van der Waals surface area contributed by atoms with Crippen molar-refractivity contribution in [1.29, 1.82) is 0 Å². The van der Waals surface area contributed by atoms with Gasteiger partial charge in [0.2, 0.25) is 0 Å². The van der Waals surface area contributed by atoms with Crippen molar-refractivity contribution < 1.29 is 14.2 Å². The Labute approximate surface area is 148 Å². The molecule has 0 aromatic heterocycles. The predicted molar refractivity (Wildman–Crippen MR) is 96.6 cm³/mol. The molecule has 1 saturated carbocycles. The van der Waals surface area contributed by atoms with Crippen molar-refractivity contribution in [3.8, 4) is 11.5 Å². The van der Waals surface area contributed by atoms with E-state index in [0.717, 1.165) is 50.6 Å². The molecule has 2 fully saturated rings. The van der Waals surface area contributed by atoms with E-state index in [2.05, 4.69) is 24.0 Å². The zero-order valence-corrected chi connectivity index (χ0v) is 15.0. The lowest BCUT2D eigenvalue weighted by atomic mass is 10.0. The van der Waals surface area contributed by atoms with Crippen molar-refractivity contribution in [1.82, 2.24) is 4.90 Å². The quantitative estimate of drug-likeness (QED) is 0.667. The van der Waals surface area contributed by atoms with Gasteiger partial charge in [-0.05, 0) is 32.4 Å². The van der Waals surface area contributed by atoms with Crippen LogP contribution in [0.2, 0.25) is 0 Å². The van der Waals surface area contributed by atoms with Gasteiger partial charge in [-0.3, -0.25) is 0 Å². The zero-order valence-electron chi connectivity index (χ0n) is 15.0. The van der Waals surface area contributed by atoms with Crippen molar-refractivity contribution in [2.24, 2.45) is 10.7 Å². The summed E-state index contributed by atoms with van der Waals surface area (Å²) < 4.78 is 17.2. The van der Waals surface area contributed by atoms with Crippen molar-refractivity contribution in [3.05, 3.63) is 23.3 Å². The molecular weight excluding hydrogens is 318 g/mol. The number of hydrogen-bond donors (Lipinski definition) is 1. The number of fused-ring (bicyclic) bond motifs is 1. The van der Waals surface area contributed by atoms with Gasteiger partial charge in [-0.15, -0.1) is 0 Å². The topological polar surface area (TPSA) is 69.3 Å². The van der Waals surface area contributed by atoms with Gasteiger partial charge in [-0.2, -0.15) is 0 Å². The fourth-order valence-electron chi connectivity index (χ4n) is 3.73. The molecule has 1 aromatic carbocycles. The molecule has 2 aliphatic heterocycles. The molecule has 1 aromatic rings. The average Bonchev–Trinajstić information content (AvgIpc) is 3.27. The lowest BCUT2D eigenvalue weighted by Gasteiger charge is -2.27. The van der Waals surface area contributed by atoms with Gasteiger partial charge >= 0.3 is 0 Å². The highest BCUT2D eigenvalue weighted by atomic mass is 16.5. The average molecular weight is 345 g/mol. The molecule has 3 atom stereocenters. The molecule has 2 heterocycles. The second-order valence-electron chi connectivity index (χ2n) is 7.06. The molecule has 3 unspecified atom stereocenters. The van der Waals surface area contributed by atoms with Crippen LogP contribution in [0.1, 0.15) is 37.3 Å². The lowest BCUT2D eigenvalue weighted by molar-refractivity contribution is 0.0674. The SMILES string of the molecule is CCOc1cc2c(cc1C1CC1N=C(N)N1CCOCC1)OC(C)C2. The molecule has 0 radical (unpaired) electrons. The number of nitrogens with zero attached hydrogens (tertiary/aromatic N) is 2. The molecule has 0 bridgehead atoms. The first-order valence-corrected chi connectivity index (χ1v) is 9.28. The first kappa shape index (κ1) is 16.5. The number of benzene rings is 1. The fraction of sp³-hybridized carbons (Fsp3) is 0.632. The summed E-state index contributed by atoms with van der Waals surface area (Å²) in [6, 6.07) is 4.55. The summed E-state index contributed by atoms with van der Waals surface area (Å²) in [4.78, 5) is 6.86. The van der Waals surface area contributed by atoms with Gasteiger partial charge in [0.05, 0.1) is 25.9 Å². The van der Waals surface area contributed by atoms with E-state index >= 15 is 0 Å². The van der Waals surface area contributed by atoms with Crippen LogP contribution in [0.25, 0.3) is 0 Å². The minimum absolute atomic E-state index is 0.235. The molecule has 0 amide bonds. The molecule has 6 nitrogen and oxygen atoms in total. The van der Waals surface area contributed by atoms with E-state index in [-0.39, 0.29) is 12.1 Å². The molecule has 3 aliphatic rings. The molecule has 136 valence electrons. The summed E-state index contributed by atoms with van der Waals surface area (Å²) in [6.45, 7) is 7.88. The normalized spacial score (nSPS) is 28.5. The second kappa shape index (κ2) is 6.75. The van der Waals surface area contributed by atoms with Gasteiger partial charge < -0.3 is 24.8 Å². The number of ether oxygens (including phenoxy) is 3. The van der Waals surface area contributed by atoms with Crippen molar-refractivity contribution >= 4 is 5.96 Å². The number of aliphatic imine (C=N–C) groups is 1. The highest BCUT2D eigenvalue weighted by Crippen LogP contribution is 2.49. The summed E-state index contributed by atoms with van der Waals surface area (Å²) >= 11 is 0. The first-order chi connectivity index (χ1) is 12.2. The Balaban J connectivity index is 1.52. The van der Waals surface area contributed by atoms with Crippen LogP contribution in [0.4, 0.5) is 0 Å². The molecule has 1 saturated heterocycles. The molecule has 0 spiro atoms. The number of morpholine rings is 1. The summed E-state index contributed by atoms with van der Waals surface area (Å²) in [5.74, 6) is 2.99. The van der Waals surface area contributed by atoms with Crippen molar-refractivity contribution in [2.75, 3.05) is 32.9 Å². The van der Waals surface area contributed by atoms with E-state index in [1.54, 1.807) is 0 Å². The predicted octanol–water partition coefficient (Wildman–Crippen LogP) is 1.91. The smallest absolute Gasteiger partial charge is 0.191 e. The zero-order chi connectivity index (χ0) is 17.4. The van der Waals surface area contributed by atoms with E-state index < -0.39 is 0 Å². The Morgan fingerprint density at radius 3 is 2.92 bits per heavy atom. The van der Waals surface area contributed by atoms with Crippen LogP contribution in [0.15, 0.2) is 17.1 Å². The summed E-state index contributed by atoms with van der Waals surface area (Å²) in [6.07, 6.45) is 2.20. The Bertz CT molecular complexity index is 670. The van der Waals surface area contributed by atoms with Crippen LogP contribution in [0, 0.1) is 0 Å². The van der Waals surface area contributed by atoms with Gasteiger partial charge in [-0.1, -0.05) is 0 Å². The highest BCUT2D eigenvalue weighted by molar-refractivity contribution is 5.78. The number of hydrogen-bond acceptors (Lipinski definition) is 4. The molecule has 6 heteroatoms. The number of nitrogens with two attached hydrogens (primary N) is 1. The Hall–Kier alpha value is -1.95. The maximum Gasteiger partial charge on any atom is 0.191 e. The van der Waals surface area contributed by atoms with Gasteiger partial charge in [0.25, 0.3) is 0 Å². The molecule has 2 N–H and O–H groups in total. The lowest BCUT2D eigenvalue weighted by Crippen LogP contribution is -2.45. The van der Waals surface area contributed by atoms with Gasteiger partial charge in [0.15, 0.2) is 5.96 Å². The largest absolute Gasteiger partial charge is 0.494 e. The molecule has 4 rings (SSSR count). The monoisotopic (exact) mass is 345 g/mol. The van der Waals surface area contributed by atoms with E-state index in [0.29, 0.717) is 18.5 Å².